The van der Waals surface area contributed by atoms with Crippen LogP contribution in [0.3, 0.4) is 0 Å². The molecular formula is C14H25N3S. The van der Waals surface area contributed by atoms with Crippen LogP contribution in [-0.4, -0.2) is 36.6 Å². The van der Waals surface area contributed by atoms with E-state index in [1.54, 1.807) is 0 Å². The fourth-order valence-electron chi connectivity index (χ4n) is 1.87. The minimum Gasteiger partial charge on any atom is -0.356 e. The highest BCUT2D eigenvalue weighted by molar-refractivity contribution is 7.98. The molecule has 102 valence electrons. The van der Waals surface area contributed by atoms with E-state index in [-0.39, 0.29) is 0 Å². The van der Waals surface area contributed by atoms with Gasteiger partial charge in [0.05, 0.1) is 0 Å². The molecule has 0 saturated carbocycles. The van der Waals surface area contributed by atoms with Gasteiger partial charge in [0.25, 0.3) is 0 Å². The molecule has 0 aromatic carbocycles. The Balaban J connectivity index is 2.70. The summed E-state index contributed by atoms with van der Waals surface area (Å²) in [7, 11) is 2.11. The molecule has 0 spiro atoms. The molecule has 18 heavy (non-hydrogen) atoms. The summed E-state index contributed by atoms with van der Waals surface area (Å²) < 4.78 is 0. The zero-order valence-electron chi connectivity index (χ0n) is 12.1. The van der Waals surface area contributed by atoms with Crippen molar-refractivity contribution in [2.45, 2.75) is 32.9 Å². The predicted octanol–water partition coefficient (Wildman–Crippen LogP) is 2.94. The van der Waals surface area contributed by atoms with Crippen molar-refractivity contribution < 1.29 is 0 Å². The van der Waals surface area contributed by atoms with Gasteiger partial charge in [-0.15, -0.1) is 0 Å². The summed E-state index contributed by atoms with van der Waals surface area (Å²) in [4.78, 5) is 6.80. The van der Waals surface area contributed by atoms with Crippen LogP contribution in [0.5, 0.6) is 0 Å². The number of hydrogen-bond acceptors (Lipinski definition) is 4. The van der Waals surface area contributed by atoms with E-state index in [0.717, 1.165) is 18.1 Å². The fraction of sp³-hybridized carbons (Fsp3) is 0.643. The van der Waals surface area contributed by atoms with Crippen molar-refractivity contribution in [2.24, 2.45) is 0 Å². The Labute approximate surface area is 115 Å². The maximum Gasteiger partial charge on any atom is 0.128 e. The van der Waals surface area contributed by atoms with Gasteiger partial charge in [-0.25, -0.2) is 4.98 Å². The standard InChI is InChI=1S/C14H25N3S/c1-6-15-12(3)13-7-8-14(16-9-13)17(4)11(2)10-18-5/h7-9,11-12,15H,6,10H2,1-5H3. The summed E-state index contributed by atoms with van der Waals surface area (Å²) >= 11 is 1.87. The van der Waals surface area contributed by atoms with E-state index in [0.29, 0.717) is 12.1 Å². The van der Waals surface area contributed by atoms with Gasteiger partial charge in [-0.2, -0.15) is 11.8 Å². The summed E-state index contributed by atoms with van der Waals surface area (Å²) in [5, 5.41) is 3.40. The molecule has 0 bridgehead atoms. The molecule has 0 amide bonds. The molecule has 2 unspecified atom stereocenters. The average molecular weight is 267 g/mol. The van der Waals surface area contributed by atoms with Gasteiger partial charge < -0.3 is 10.2 Å². The molecule has 0 aliphatic heterocycles. The van der Waals surface area contributed by atoms with E-state index >= 15 is 0 Å². The largest absolute Gasteiger partial charge is 0.356 e. The molecule has 0 saturated heterocycles. The summed E-state index contributed by atoms with van der Waals surface area (Å²) in [6.07, 6.45) is 4.12. The lowest BCUT2D eigenvalue weighted by atomic mass is 10.1. The molecule has 0 aliphatic carbocycles. The van der Waals surface area contributed by atoms with Crippen molar-refractivity contribution >= 4 is 17.6 Å². The highest BCUT2D eigenvalue weighted by atomic mass is 32.2. The van der Waals surface area contributed by atoms with Crippen LogP contribution in [-0.2, 0) is 0 Å². The fourth-order valence-corrected chi connectivity index (χ4v) is 2.57. The second-order valence-electron chi connectivity index (χ2n) is 4.64. The molecule has 1 aromatic heterocycles. The average Bonchev–Trinajstić information content (AvgIpc) is 2.38. The van der Waals surface area contributed by atoms with Crippen molar-refractivity contribution in [3.8, 4) is 0 Å². The minimum absolute atomic E-state index is 0.366. The van der Waals surface area contributed by atoms with Crippen LogP contribution in [0.25, 0.3) is 0 Å². The van der Waals surface area contributed by atoms with Gasteiger partial charge in [0.2, 0.25) is 0 Å². The molecule has 4 heteroatoms. The first kappa shape index (κ1) is 15.3. The second kappa shape index (κ2) is 7.64. The van der Waals surface area contributed by atoms with Gasteiger partial charge in [-0.3, -0.25) is 0 Å². The number of pyridine rings is 1. The number of thioether (sulfide) groups is 1. The predicted molar refractivity (Wildman–Crippen MR) is 82.6 cm³/mol. The van der Waals surface area contributed by atoms with Crippen molar-refractivity contribution in [3.05, 3.63) is 23.9 Å². The van der Waals surface area contributed by atoms with Crippen molar-refractivity contribution in [1.82, 2.24) is 10.3 Å². The molecule has 0 fully saturated rings. The molecule has 0 radical (unpaired) electrons. The molecule has 1 heterocycles. The Morgan fingerprint density at radius 2 is 2.11 bits per heavy atom. The summed E-state index contributed by atoms with van der Waals surface area (Å²) in [5.41, 5.74) is 1.24. The van der Waals surface area contributed by atoms with Crippen LogP contribution in [0.15, 0.2) is 18.3 Å². The van der Waals surface area contributed by atoms with Gasteiger partial charge >= 0.3 is 0 Å². The topological polar surface area (TPSA) is 28.2 Å². The first-order valence-corrected chi connectivity index (χ1v) is 7.90. The SMILES string of the molecule is CCNC(C)c1ccc(N(C)C(C)CSC)nc1. The quantitative estimate of drug-likeness (QED) is 0.822. The summed E-state index contributed by atoms with van der Waals surface area (Å²) in [5.74, 6) is 2.16. The Kier molecular flexibility index (Phi) is 6.50. The van der Waals surface area contributed by atoms with E-state index < -0.39 is 0 Å². The smallest absolute Gasteiger partial charge is 0.128 e. The number of nitrogens with zero attached hydrogens (tertiary/aromatic N) is 2. The lowest BCUT2D eigenvalue weighted by molar-refractivity contribution is 0.596. The Hall–Kier alpha value is -0.740. The maximum absolute atomic E-state index is 4.56. The van der Waals surface area contributed by atoms with E-state index in [1.807, 2.05) is 18.0 Å². The third kappa shape index (κ3) is 4.18. The monoisotopic (exact) mass is 267 g/mol. The Morgan fingerprint density at radius 1 is 1.39 bits per heavy atom. The molecular weight excluding hydrogens is 242 g/mol. The number of rotatable bonds is 7. The number of hydrogen-bond donors (Lipinski definition) is 1. The van der Waals surface area contributed by atoms with E-state index in [4.69, 9.17) is 0 Å². The Bertz CT molecular complexity index is 339. The van der Waals surface area contributed by atoms with Crippen LogP contribution in [0.4, 0.5) is 5.82 Å². The van der Waals surface area contributed by atoms with Crippen molar-refractivity contribution in [1.29, 1.82) is 0 Å². The van der Waals surface area contributed by atoms with Crippen LogP contribution >= 0.6 is 11.8 Å². The third-order valence-electron chi connectivity index (χ3n) is 3.21. The van der Waals surface area contributed by atoms with Gasteiger partial charge in [0, 0.05) is 31.1 Å². The van der Waals surface area contributed by atoms with E-state index in [9.17, 15) is 0 Å². The second-order valence-corrected chi connectivity index (χ2v) is 5.56. The molecule has 1 N–H and O–H groups in total. The first-order valence-electron chi connectivity index (χ1n) is 6.51. The molecule has 0 aliphatic rings. The number of aromatic nitrogens is 1. The third-order valence-corrected chi connectivity index (χ3v) is 4.03. The van der Waals surface area contributed by atoms with E-state index in [2.05, 4.69) is 61.4 Å². The minimum atomic E-state index is 0.366. The Morgan fingerprint density at radius 3 is 2.61 bits per heavy atom. The maximum atomic E-state index is 4.56. The first-order chi connectivity index (χ1) is 8.60. The van der Waals surface area contributed by atoms with Gasteiger partial charge in [-0.05, 0) is 38.3 Å². The zero-order valence-corrected chi connectivity index (χ0v) is 12.9. The molecule has 1 aromatic rings. The molecule has 1 rings (SSSR count). The van der Waals surface area contributed by atoms with Crippen molar-refractivity contribution in [2.75, 3.05) is 30.5 Å². The van der Waals surface area contributed by atoms with Gasteiger partial charge in [-0.1, -0.05) is 13.0 Å². The summed E-state index contributed by atoms with van der Waals surface area (Å²) in [6, 6.07) is 5.15. The summed E-state index contributed by atoms with van der Waals surface area (Å²) in [6.45, 7) is 7.50. The number of nitrogens with one attached hydrogen (secondary N) is 1. The van der Waals surface area contributed by atoms with Crippen LogP contribution in [0, 0.1) is 0 Å². The number of anilines is 1. The van der Waals surface area contributed by atoms with Crippen LogP contribution in [0.2, 0.25) is 0 Å². The van der Waals surface area contributed by atoms with Gasteiger partial charge in [0.1, 0.15) is 5.82 Å². The molecule has 2 atom stereocenters. The lowest BCUT2D eigenvalue weighted by Gasteiger charge is -2.25. The lowest BCUT2D eigenvalue weighted by Crippen LogP contribution is -2.31. The van der Waals surface area contributed by atoms with Gasteiger partial charge in [0.15, 0.2) is 0 Å². The molecule has 3 nitrogen and oxygen atoms in total. The van der Waals surface area contributed by atoms with Crippen molar-refractivity contribution in [3.63, 3.8) is 0 Å². The van der Waals surface area contributed by atoms with E-state index in [1.165, 1.54) is 5.56 Å². The van der Waals surface area contributed by atoms with Crippen LogP contribution < -0.4 is 10.2 Å². The highest BCUT2D eigenvalue weighted by Gasteiger charge is 2.11. The van der Waals surface area contributed by atoms with Crippen LogP contribution in [0.1, 0.15) is 32.4 Å². The zero-order chi connectivity index (χ0) is 13.5. The highest BCUT2D eigenvalue weighted by Crippen LogP contribution is 2.17. The normalized spacial score (nSPS) is 14.3.